The number of carbonyl (C=O) groups is 2. The Labute approximate surface area is 330 Å². The molecule has 2 aromatic rings. The number of likely N-dealkylation sites (tertiary alicyclic amines) is 1. The van der Waals surface area contributed by atoms with Crippen LogP contribution in [0.1, 0.15) is 82.9 Å². The first-order chi connectivity index (χ1) is 27.2. The highest BCUT2D eigenvalue weighted by atomic mass is 17.0. The average Bonchev–Trinajstić information content (AvgIpc) is 3.96. The van der Waals surface area contributed by atoms with Gasteiger partial charge in [0.25, 0.3) is 0 Å². The predicted octanol–water partition coefficient (Wildman–Crippen LogP) is 6.22. The van der Waals surface area contributed by atoms with Crippen molar-refractivity contribution >= 4 is 12.3 Å². The van der Waals surface area contributed by atoms with Gasteiger partial charge >= 0.3 is 11.9 Å². The largest absolute Gasteiger partial charge is 0.452 e. The Morgan fingerprint density at radius 2 is 1.68 bits per heavy atom. The monoisotopic (exact) mass is 767 g/mol. The molecule has 11 rings (SSSR count). The molecule has 4 aliphatic carbocycles. The van der Waals surface area contributed by atoms with Gasteiger partial charge in [-0.3, -0.25) is 9.53 Å². The molecular formula is C46H57NO9. The molecule has 13 unspecified atom stereocenters. The highest BCUT2D eigenvalue weighted by Crippen LogP contribution is 2.83. The van der Waals surface area contributed by atoms with E-state index in [0.717, 1.165) is 55.5 Å². The second-order valence-electron chi connectivity index (χ2n) is 18.5. The van der Waals surface area contributed by atoms with Crippen molar-refractivity contribution in [2.45, 2.75) is 108 Å². The lowest BCUT2D eigenvalue weighted by atomic mass is 9.43. The van der Waals surface area contributed by atoms with Crippen LogP contribution in [-0.4, -0.2) is 91.8 Å². The zero-order chi connectivity index (χ0) is 38.5. The summed E-state index contributed by atoms with van der Waals surface area (Å²) in [5.41, 5.74) is -0.406. The maximum atomic E-state index is 15.9. The quantitative estimate of drug-likeness (QED) is 0.143. The molecule has 2 aromatic carbocycles. The molecule has 13 atom stereocenters. The van der Waals surface area contributed by atoms with E-state index in [2.05, 4.69) is 31.7 Å². The van der Waals surface area contributed by atoms with Crippen molar-refractivity contribution in [2.75, 3.05) is 32.8 Å². The van der Waals surface area contributed by atoms with Crippen LogP contribution >= 0.6 is 0 Å². The third kappa shape index (κ3) is 5.12. The summed E-state index contributed by atoms with van der Waals surface area (Å²) in [6, 6.07) is 19.7. The number of fused-ring (bicyclic) bond motifs is 2. The molecule has 10 heteroatoms. The molecule has 56 heavy (non-hydrogen) atoms. The normalized spacial score (nSPS) is 43.1. The van der Waals surface area contributed by atoms with E-state index in [1.807, 2.05) is 60.7 Å². The number of ether oxygens (including phenoxy) is 6. The Morgan fingerprint density at radius 1 is 0.964 bits per heavy atom. The summed E-state index contributed by atoms with van der Waals surface area (Å²) in [6.45, 7) is 10.1. The van der Waals surface area contributed by atoms with Crippen molar-refractivity contribution in [2.24, 2.45) is 45.8 Å². The second-order valence-corrected chi connectivity index (χ2v) is 18.5. The number of aliphatic hydroxyl groups is 1. The number of aliphatic hydroxyl groups excluding tert-OH is 1. The fourth-order valence-electron chi connectivity index (χ4n) is 13.3. The first kappa shape index (κ1) is 37.3. The molecule has 0 radical (unpaired) electrons. The molecule has 5 aliphatic heterocycles. The number of benzene rings is 2. The number of piperidine rings is 1. The van der Waals surface area contributed by atoms with Crippen molar-refractivity contribution in [3.05, 3.63) is 83.4 Å². The van der Waals surface area contributed by atoms with Crippen molar-refractivity contribution in [3.63, 3.8) is 0 Å². The van der Waals surface area contributed by atoms with Gasteiger partial charge < -0.3 is 38.5 Å². The second kappa shape index (κ2) is 13.8. The van der Waals surface area contributed by atoms with E-state index >= 15 is 4.79 Å². The minimum Gasteiger partial charge on any atom is -0.452 e. The van der Waals surface area contributed by atoms with E-state index in [0.29, 0.717) is 25.4 Å². The number of hydrogen-bond donors (Lipinski definition) is 1. The molecule has 10 nitrogen and oxygen atoms in total. The maximum absolute atomic E-state index is 15.9. The summed E-state index contributed by atoms with van der Waals surface area (Å²) in [5.74, 6) is -1.63. The molecule has 0 amide bonds. The van der Waals surface area contributed by atoms with Gasteiger partial charge in [0.15, 0.2) is 18.5 Å². The Balaban J connectivity index is 1.000. The molecule has 5 heterocycles. The molecule has 3 saturated carbocycles. The highest BCUT2D eigenvalue weighted by molar-refractivity contribution is 5.92. The zero-order valence-corrected chi connectivity index (χ0v) is 32.9. The van der Waals surface area contributed by atoms with E-state index in [9.17, 15) is 9.90 Å². The molecule has 1 N–H and O–H groups in total. The number of carbonyl (C=O) groups excluding carboxylic acids is 2. The summed E-state index contributed by atoms with van der Waals surface area (Å²) in [7, 11) is 0. The lowest BCUT2D eigenvalue weighted by molar-refractivity contribution is -0.448. The summed E-state index contributed by atoms with van der Waals surface area (Å²) in [6.07, 6.45) is 5.88. The zero-order valence-electron chi connectivity index (χ0n) is 32.9. The Morgan fingerprint density at radius 3 is 2.36 bits per heavy atom. The Hall–Kier alpha value is -2.96. The summed E-state index contributed by atoms with van der Waals surface area (Å²) in [4.78, 5) is 32.5. The first-order valence-corrected chi connectivity index (χ1v) is 21.3. The van der Waals surface area contributed by atoms with E-state index in [-0.39, 0.29) is 36.2 Å². The van der Waals surface area contributed by atoms with Crippen LogP contribution in [0.5, 0.6) is 0 Å². The van der Waals surface area contributed by atoms with Gasteiger partial charge in [-0.15, -0.1) is 0 Å². The molecule has 8 fully saturated rings. The van der Waals surface area contributed by atoms with Gasteiger partial charge in [-0.25, -0.2) is 0 Å². The number of allylic oxidation sites excluding steroid dienone is 1. The molecule has 5 saturated heterocycles. The van der Waals surface area contributed by atoms with Crippen molar-refractivity contribution in [1.82, 2.24) is 4.90 Å². The molecule has 8 bridgehead atoms. The van der Waals surface area contributed by atoms with Crippen molar-refractivity contribution in [1.29, 1.82) is 0 Å². The van der Waals surface area contributed by atoms with Gasteiger partial charge in [-0.1, -0.05) is 106 Å². The molecule has 9 aliphatic rings. The summed E-state index contributed by atoms with van der Waals surface area (Å²) < 4.78 is 39.2. The van der Waals surface area contributed by atoms with Crippen LogP contribution in [0.4, 0.5) is 0 Å². The van der Waals surface area contributed by atoms with Gasteiger partial charge in [-0.2, -0.15) is 0 Å². The van der Waals surface area contributed by atoms with Gasteiger partial charge in [0.1, 0.15) is 30.0 Å². The SMILES string of the molecule is CC(C)C1=CC2CC3(C=O)C4CCC(C)C4CC2(COC24OC5OC(C(OCCN6CCCCC6)C5O2)C4O)C13C(=O)OC(c1ccccc1)c1ccccc1. The van der Waals surface area contributed by atoms with Crippen molar-refractivity contribution < 1.29 is 43.1 Å². The van der Waals surface area contributed by atoms with Gasteiger partial charge in [0, 0.05) is 12.0 Å². The third-order valence-corrected chi connectivity index (χ3v) is 15.7. The van der Waals surface area contributed by atoms with Gasteiger partial charge in [-0.05, 0) is 85.9 Å². The minimum absolute atomic E-state index is 0.0282. The molecule has 0 aromatic heterocycles. The number of esters is 1. The highest BCUT2D eigenvalue weighted by Gasteiger charge is 2.85. The predicted molar refractivity (Wildman–Crippen MR) is 205 cm³/mol. The number of hydrogen-bond acceptors (Lipinski definition) is 10. The van der Waals surface area contributed by atoms with Crippen LogP contribution in [0.3, 0.4) is 0 Å². The van der Waals surface area contributed by atoms with Crippen molar-refractivity contribution in [3.8, 4) is 0 Å². The topological polar surface area (TPSA) is 113 Å². The number of nitrogens with zero attached hydrogens (tertiary/aromatic N) is 1. The summed E-state index contributed by atoms with van der Waals surface area (Å²) in [5, 5.41) is 11.9. The lowest BCUT2D eigenvalue weighted by Crippen LogP contribution is -2.66. The summed E-state index contributed by atoms with van der Waals surface area (Å²) >= 11 is 0. The molecule has 0 spiro atoms. The van der Waals surface area contributed by atoms with Crippen LogP contribution in [0.2, 0.25) is 0 Å². The van der Waals surface area contributed by atoms with Gasteiger partial charge in [0.05, 0.1) is 18.6 Å². The Kier molecular flexibility index (Phi) is 9.21. The minimum atomic E-state index is -1.77. The average molecular weight is 768 g/mol. The van der Waals surface area contributed by atoms with Gasteiger partial charge in [0.2, 0.25) is 0 Å². The number of aldehydes is 1. The van der Waals surface area contributed by atoms with Crippen LogP contribution in [0.25, 0.3) is 0 Å². The van der Waals surface area contributed by atoms with Crippen LogP contribution in [-0.2, 0) is 38.0 Å². The first-order valence-electron chi connectivity index (χ1n) is 21.3. The van der Waals surface area contributed by atoms with E-state index in [1.54, 1.807) is 0 Å². The standard InChI is InChI=1S/C46H57NO9/c1-28(2)35-23-32-24-43(26-48)34-18-17-29(3)33(34)25-44(32,45(35,43)42(50)54-36(30-13-7-4-8-14-30)31-15-9-5-10-16-31)27-52-46-40(49)38-37(39(55-46)41(53-38)56-46)51-22-21-47-19-11-6-12-20-47/h4-5,7-10,13-16,23,26,28-29,32-34,36-41,49H,6,11-12,17-22,24-25,27H2,1-3H3. The van der Waals surface area contributed by atoms with Crippen LogP contribution < -0.4 is 0 Å². The molecule has 300 valence electrons. The lowest BCUT2D eigenvalue weighted by Gasteiger charge is -2.59. The fraction of sp³-hybridized carbons (Fsp3) is 0.652. The van der Waals surface area contributed by atoms with Crippen LogP contribution in [0, 0.1) is 45.8 Å². The van der Waals surface area contributed by atoms with E-state index < -0.39 is 59.0 Å². The smallest absolute Gasteiger partial charge is 0.318 e. The Bertz CT molecular complexity index is 1790. The maximum Gasteiger partial charge on any atom is 0.318 e. The van der Waals surface area contributed by atoms with E-state index in [4.69, 9.17) is 28.4 Å². The molecular weight excluding hydrogens is 711 g/mol. The number of rotatable bonds is 13. The third-order valence-electron chi connectivity index (χ3n) is 15.7. The van der Waals surface area contributed by atoms with E-state index in [1.165, 1.54) is 19.3 Å². The van der Waals surface area contributed by atoms with Crippen LogP contribution in [0.15, 0.2) is 72.3 Å². The fourth-order valence-corrected chi connectivity index (χ4v) is 13.3.